The number of aromatic nitrogens is 5. The number of rotatable bonds is 6. The van der Waals surface area contributed by atoms with Gasteiger partial charge in [0, 0.05) is 49.1 Å². The number of furan rings is 1. The number of nitrogens with zero attached hydrogens (tertiary/aromatic N) is 5. The van der Waals surface area contributed by atoms with Gasteiger partial charge in [0.15, 0.2) is 11.6 Å². The molecule has 6 nitrogen and oxygen atoms in total. The highest BCUT2D eigenvalue weighted by molar-refractivity contribution is 6.13. The highest BCUT2D eigenvalue weighted by Crippen LogP contribution is 2.39. The second-order valence-electron chi connectivity index (χ2n) is 16.0. The zero-order valence-corrected chi connectivity index (χ0v) is 33.9. The molecule has 0 unspecified atom stereocenters. The van der Waals surface area contributed by atoms with Crippen molar-refractivity contribution in [2.75, 3.05) is 0 Å². The summed E-state index contributed by atoms with van der Waals surface area (Å²) in [5.74, 6) is 1.84. The Morgan fingerprint density at radius 3 is 1.37 bits per heavy atom. The Morgan fingerprint density at radius 1 is 0.286 bits per heavy atom. The predicted octanol–water partition coefficient (Wildman–Crippen LogP) is 14.6. The fraction of sp³-hybridized carbons (Fsp3) is 0. The number of benzene rings is 9. The molecule has 13 rings (SSSR count). The van der Waals surface area contributed by atoms with Crippen LogP contribution in [0.25, 0.3) is 122 Å². The minimum atomic E-state index is 0.580. The third kappa shape index (κ3) is 5.69. The van der Waals surface area contributed by atoms with E-state index in [0.29, 0.717) is 17.6 Å². The van der Waals surface area contributed by atoms with Gasteiger partial charge in [0.25, 0.3) is 0 Å². The average Bonchev–Trinajstić information content (AvgIpc) is 4.01. The van der Waals surface area contributed by atoms with Crippen molar-refractivity contribution in [3.8, 4) is 56.7 Å². The first-order chi connectivity index (χ1) is 31.2. The third-order valence-corrected chi connectivity index (χ3v) is 12.4. The third-order valence-electron chi connectivity index (χ3n) is 12.4. The van der Waals surface area contributed by atoms with Crippen LogP contribution in [0, 0.1) is 0 Å². The second-order valence-corrected chi connectivity index (χ2v) is 16.0. The summed E-state index contributed by atoms with van der Waals surface area (Å²) in [6, 6.07) is 74.7. The van der Waals surface area contributed by atoms with E-state index in [1.807, 2.05) is 72.8 Å². The maximum Gasteiger partial charge on any atom is 0.238 e. The SMILES string of the molecule is c1ccc(-c2nc(-c3ccccc3)nc(-n3c4ccccc4c4cc(-c5ccc6c(c5)c5ccccc5n6-c5ccc(-c6ccc7oc8ccccc8c7c6)cc5)ccc43)n2)cc1. The highest BCUT2D eigenvalue weighted by atomic mass is 16.3. The molecule has 0 radical (unpaired) electrons. The Bertz CT molecular complexity index is 3840. The van der Waals surface area contributed by atoms with Gasteiger partial charge in [-0.1, -0.05) is 146 Å². The first-order valence-electron chi connectivity index (χ1n) is 21.2. The fourth-order valence-corrected chi connectivity index (χ4v) is 9.40. The lowest BCUT2D eigenvalue weighted by molar-refractivity contribution is 0.669. The molecule has 13 aromatic rings. The normalized spacial score (nSPS) is 11.8. The minimum absolute atomic E-state index is 0.580. The molecule has 0 fully saturated rings. The molecule has 4 heterocycles. The molecule has 0 N–H and O–H groups in total. The molecule has 0 atom stereocenters. The van der Waals surface area contributed by atoms with Crippen molar-refractivity contribution in [3.05, 3.63) is 212 Å². The van der Waals surface area contributed by atoms with Crippen LogP contribution < -0.4 is 0 Å². The van der Waals surface area contributed by atoms with Gasteiger partial charge in [0.2, 0.25) is 5.95 Å². The van der Waals surface area contributed by atoms with Crippen molar-refractivity contribution in [3.63, 3.8) is 0 Å². The highest BCUT2D eigenvalue weighted by Gasteiger charge is 2.20. The lowest BCUT2D eigenvalue weighted by atomic mass is 10.0. The Kier molecular flexibility index (Phi) is 7.80. The van der Waals surface area contributed by atoms with Gasteiger partial charge >= 0.3 is 0 Å². The van der Waals surface area contributed by atoms with Crippen LogP contribution in [-0.4, -0.2) is 24.1 Å². The molecule has 0 saturated heterocycles. The van der Waals surface area contributed by atoms with Gasteiger partial charge in [-0.05, 0) is 89.0 Å². The molecule has 0 amide bonds. The van der Waals surface area contributed by atoms with Crippen LogP contribution in [0.15, 0.2) is 217 Å². The molecule has 0 bridgehead atoms. The summed E-state index contributed by atoms with van der Waals surface area (Å²) in [5.41, 5.74) is 13.8. The van der Waals surface area contributed by atoms with Crippen LogP contribution >= 0.6 is 0 Å². The quantitative estimate of drug-likeness (QED) is 0.168. The molecule has 0 spiro atoms. The van der Waals surface area contributed by atoms with Crippen LogP contribution in [0.2, 0.25) is 0 Å². The van der Waals surface area contributed by atoms with Gasteiger partial charge in [-0.2, -0.15) is 9.97 Å². The van der Waals surface area contributed by atoms with Gasteiger partial charge in [0.05, 0.1) is 22.1 Å². The van der Waals surface area contributed by atoms with Crippen LogP contribution in [0.4, 0.5) is 0 Å². The first-order valence-corrected chi connectivity index (χ1v) is 21.2. The molecule has 4 aromatic heterocycles. The number of para-hydroxylation sites is 3. The molecule has 6 heteroatoms. The molecule has 0 saturated carbocycles. The van der Waals surface area contributed by atoms with Crippen LogP contribution in [0.5, 0.6) is 0 Å². The van der Waals surface area contributed by atoms with Gasteiger partial charge < -0.3 is 8.98 Å². The Morgan fingerprint density at radius 2 is 0.730 bits per heavy atom. The minimum Gasteiger partial charge on any atom is -0.456 e. The Labute approximate surface area is 361 Å². The van der Waals surface area contributed by atoms with E-state index in [1.165, 1.54) is 16.3 Å². The number of hydrogen-bond donors (Lipinski definition) is 0. The monoisotopic (exact) mass is 805 g/mol. The van der Waals surface area contributed by atoms with E-state index in [1.54, 1.807) is 0 Å². The summed E-state index contributed by atoms with van der Waals surface area (Å²) in [7, 11) is 0. The zero-order valence-electron chi connectivity index (χ0n) is 33.9. The molecular formula is C57H35N5O. The van der Waals surface area contributed by atoms with Crippen LogP contribution in [-0.2, 0) is 0 Å². The van der Waals surface area contributed by atoms with Gasteiger partial charge in [0.1, 0.15) is 11.2 Å². The average molecular weight is 806 g/mol. The van der Waals surface area contributed by atoms with Crippen molar-refractivity contribution in [2.24, 2.45) is 0 Å². The second kappa shape index (κ2) is 14.0. The summed E-state index contributed by atoms with van der Waals surface area (Å²) in [5, 5.41) is 6.96. The van der Waals surface area contributed by atoms with E-state index in [0.717, 1.165) is 88.3 Å². The van der Waals surface area contributed by atoms with E-state index in [9.17, 15) is 0 Å². The predicted molar refractivity (Wildman–Crippen MR) is 258 cm³/mol. The maximum absolute atomic E-state index is 6.11. The number of hydrogen-bond acceptors (Lipinski definition) is 4. The molecule has 63 heavy (non-hydrogen) atoms. The summed E-state index contributed by atoms with van der Waals surface area (Å²) >= 11 is 0. The Balaban J connectivity index is 0.915. The lowest BCUT2D eigenvalue weighted by Gasteiger charge is -2.11. The van der Waals surface area contributed by atoms with Gasteiger partial charge in [-0.25, -0.2) is 4.98 Å². The summed E-state index contributed by atoms with van der Waals surface area (Å²) in [4.78, 5) is 15.2. The van der Waals surface area contributed by atoms with Gasteiger partial charge in [-0.3, -0.25) is 4.57 Å². The van der Waals surface area contributed by atoms with Crippen molar-refractivity contribution in [1.29, 1.82) is 0 Å². The summed E-state index contributed by atoms with van der Waals surface area (Å²) in [6.45, 7) is 0. The maximum atomic E-state index is 6.11. The van der Waals surface area contributed by atoms with E-state index in [-0.39, 0.29) is 0 Å². The smallest absolute Gasteiger partial charge is 0.238 e. The van der Waals surface area contributed by atoms with E-state index >= 15 is 0 Å². The molecular weight excluding hydrogens is 771 g/mol. The number of fused-ring (bicyclic) bond motifs is 9. The van der Waals surface area contributed by atoms with Gasteiger partial charge in [-0.15, -0.1) is 0 Å². The summed E-state index contributed by atoms with van der Waals surface area (Å²) < 4.78 is 10.7. The standard InChI is InChI=1S/C57H35N5O/c1-3-13-37(14-4-1)55-58-56(38-15-5-2-6-16-38)60-57(59-55)62-50-21-11-8-18-44(50)47-34-41(26-31-52(47)62)40-25-30-51-46(33-40)43-17-7-10-20-49(43)61(51)42-28-23-36(24-29-42)39-27-32-54-48(35-39)45-19-9-12-22-53(45)63-54/h1-35H. The molecule has 9 aromatic carbocycles. The van der Waals surface area contributed by atoms with Crippen LogP contribution in [0.1, 0.15) is 0 Å². The van der Waals surface area contributed by atoms with Crippen molar-refractivity contribution in [1.82, 2.24) is 24.1 Å². The molecule has 0 aliphatic rings. The van der Waals surface area contributed by atoms with E-state index in [2.05, 4.69) is 149 Å². The molecule has 0 aliphatic heterocycles. The fourth-order valence-electron chi connectivity index (χ4n) is 9.40. The largest absolute Gasteiger partial charge is 0.456 e. The molecule has 0 aliphatic carbocycles. The first kappa shape index (κ1) is 35.2. The lowest BCUT2D eigenvalue weighted by Crippen LogP contribution is -2.06. The topological polar surface area (TPSA) is 61.7 Å². The summed E-state index contributed by atoms with van der Waals surface area (Å²) in [6.07, 6.45) is 0. The van der Waals surface area contributed by atoms with E-state index < -0.39 is 0 Å². The van der Waals surface area contributed by atoms with E-state index in [4.69, 9.17) is 19.4 Å². The Hall–Kier alpha value is -8.61. The van der Waals surface area contributed by atoms with Crippen molar-refractivity contribution < 1.29 is 4.42 Å². The van der Waals surface area contributed by atoms with Crippen molar-refractivity contribution in [2.45, 2.75) is 0 Å². The van der Waals surface area contributed by atoms with Crippen molar-refractivity contribution >= 4 is 65.6 Å². The van der Waals surface area contributed by atoms with Crippen LogP contribution in [0.3, 0.4) is 0 Å². The molecule has 294 valence electrons. The zero-order chi connectivity index (χ0) is 41.4.